The molecule has 4 bridgehead atoms. The Kier molecular flexibility index (Phi) is 11.1. The molecule has 0 amide bonds. The van der Waals surface area contributed by atoms with Crippen LogP contribution >= 0.6 is 21.6 Å². The van der Waals surface area contributed by atoms with E-state index in [2.05, 4.69) is 50.4 Å². The zero-order valence-electron chi connectivity index (χ0n) is 37.2. The number of aromatic nitrogens is 2. The molecule has 8 aliphatic carbocycles. The maximum absolute atomic E-state index is 14.7. The number of nitrogens with zero attached hydrogens (tertiary/aromatic N) is 2. The molecule has 60 heavy (non-hydrogen) atoms. The predicted octanol–water partition coefficient (Wildman–Crippen LogP) is 10.1. The fourth-order valence-electron chi connectivity index (χ4n) is 16.8. The number of carbonyl (C=O) groups excluding carboxylic acids is 1. The third-order valence-corrected chi connectivity index (χ3v) is 21.8. The molecule has 9 aliphatic rings. The van der Waals surface area contributed by atoms with Gasteiger partial charge < -0.3 is 25.0 Å². The average molecular weight is 859 g/mol. The van der Waals surface area contributed by atoms with E-state index in [1.54, 1.807) is 22.3 Å². The van der Waals surface area contributed by atoms with Crippen molar-refractivity contribution in [1.82, 2.24) is 9.55 Å². The van der Waals surface area contributed by atoms with Crippen molar-refractivity contribution in [3.8, 4) is 0 Å². The summed E-state index contributed by atoms with van der Waals surface area (Å²) in [7, 11) is 3.84. The molecule has 1 saturated heterocycles. The van der Waals surface area contributed by atoms with E-state index in [1.807, 2.05) is 40.2 Å². The van der Waals surface area contributed by atoms with Crippen LogP contribution in [0.4, 0.5) is 0 Å². The van der Waals surface area contributed by atoms with Crippen LogP contribution in [0.15, 0.2) is 52.7 Å². The molecule has 9 heteroatoms. The second-order valence-corrected chi connectivity index (χ2v) is 25.5. The van der Waals surface area contributed by atoms with Gasteiger partial charge in [0.1, 0.15) is 0 Å². The van der Waals surface area contributed by atoms with Gasteiger partial charge in [-0.15, -0.1) is 0 Å². The van der Waals surface area contributed by atoms with Gasteiger partial charge in [0, 0.05) is 59.0 Å². The van der Waals surface area contributed by atoms with Crippen LogP contribution in [-0.4, -0.2) is 71.2 Å². The van der Waals surface area contributed by atoms with Crippen molar-refractivity contribution in [1.29, 1.82) is 0 Å². The van der Waals surface area contributed by atoms with Crippen molar-refractivity contribution >= 4 is 27.4 Å². The lowest BCUT2D eigenvalue weighted by molar-refractivity contribution is -0.165. The van der Waals surface area contributed by atoms with Gasteiger partial charge in [-0.05, 0) is 142 Å². The summed E-state index contributed by atoms with van der Waals surface area (Å²) in [4.78, 5) is 19.2. The van der Waals surface area contributed by atoms with Crippen LogP contribution in [0, 0.1) is 69.5 Å². The van der Waals surface area contributed by atoms with Gasteiger partial charge in [-0.1, -0.05) is 97.8 Å². The van der Waals surface area contributed by atoms with E-state index in [-0.39, 0.29) is 52.7 Å². The summed E-state index contributed by atoms with van der Waals surface area (Å²) in [6.45, 7) is 11.9. The Hall–Kier alpha value is -1.36. The number of hydrogen-bond acceptors (Lipinski definition) is 8. The number of fused-ring (bicyclic) bond motifs is 13. The quantitative estimate of drug-likeness (QED) is 0.171. The van der Waals surface area contributed by atoms with Crippen LogP contribution in [-0.2, 0) is 4.79 Å². The molecule has 7 nitrogen and oxygen atoms in total. The molecular weight excluding hydrogens is 785 g/mol. The summed E-state index contributed by atoms with van der Waals surface area (Å²) in [5, 5.41) is 50.1. The Morgan fingerprint density at radius 1 is 0.917 bits per heavy atom. The van der Waals surface area contributed by atoms with Crippen LogP contribution in [0.1, 0.15) is 150 Å². The van der Waals surface area contributed by atoms with Gasteiger partial charge in [-0.25, -0.2) is 4.98 Å². The SMILES string of the molecule is CC(C)CCC[C@]12C[C@H](O)[C@H](O)C[C@H]1C(=O)C=C1[C@@H]2CC[C@]2(C)[C@@H]3C[C@@H](CSSC[C@H](n4ccnc4)CC(C)(C)C4=C5CCCC[C@@H]5C5=C6[C@H](CCC5)C[C@@H]3[C@H](O)[C@H]64)[C@@]12O. The second-order valence-electron chi connectivity index (χ2n) is 23.0. The first-order chi connectivity index (χ1) is 28.7. The summed E-state index contributed by atoms with van der Waals surface area (Å²) in [6, 6.07) is 0.241. The molecule has 0 radical (unpaired) electrons. The van der Waals surface area contributed by atoms with Gasteiger partial charge in [0.05, 0.1) is 30.2 Å². The number of imidazole rings is 1. The molecule has 10 rings (SSSR count). The minimum Gasteiger partial charge on any atom is -0.392 e. The van der Waals surface area contributed by atoms with Gasteiger partial charge in [-0.3, -0.25) is 4.79 Å². The van der Waals surface area contributed by atoms with E-state index < -0.39 is 34.7 Å². The molecule has 6 fully saturated rings. The number of aliphatic hydroxyl groups is 4. The molecule has 330 valence electrons. The van der Waals surface area contributed by atoms with Crippen molar-refractivity contribution in [3.63, 3.8) is 0 Å². The highest BCUT2D eigenvalue weighted by Crippen LogP contribution is 2.73. The van der Waals surface area contributed by atoms with E-state index in [1.165, 1.54) is 38.5 Å². The molecule has 1 aromatic heterocycles. The third kappa shape index (κ3) is 6.39. The molecule has 1 aromatic rings. The normalized spacial score (nSPS) is 46.2. The Morgan fingerprint density at radius 3 is 2.50 bits per heavy atom. The van der Waals surface area contributed by atoms with Crippen LogP contribution in [0.3, 0.4) is 0 Å². The lowest BCUT2D eigenvalue weighted by Crippen LogP contribution is -2.63. The number of allylic oxidation sites excluding steroid dienone is 3. The van der Waals surface area contributed by atoms with E-state index in [0.717, 1.165) is 74.9 Å². The van der Waals surface area contributed by atoms with Gasteiger partial charge >= 0.3 is 0 Å². The fourth-order valence-corrected chi connectivity index (χ4v) is 19.6. The van der Waals surface area contributed by atoms with E-state index >= 15 is 0 Å². The number of aliphatic hydroxyl groups excluding tert-OH is 3. The first kappa shape index (κ1) is 42.6. The molecule has 5 saturated carbocycles. The maximum atomic E-state index is 14.7. The molecule has 4 N–H and O–H groups in total. The van der Waals surface area contributed by atoms with Crippen LogP contribution in [0.2, 0.25) is 0 Å². The van der Waals surface area contributed by atoms with Gasteiger partial charge in [0.25, 0.3) is 0 Å². The highest BCUT2D eigenvalue weighted by atomic mass is 33.1. The van der Waals surface area contributed by atoms with Crippen molar-refractivity contribution < 1.29 is 25.2 Å². The summed E-state index contributed by atoms with van der Waals surface area (Å²) in [5.74, 6) is 3.18. The monoisotopic (exact) mass is 859 g/mol. The smallest absolute Gasteiger partial charge is 0.159 e. The Balaban J connectivity index is 1.11. The molecule has 2 heterocycles. The zero-order chi connectivity index (χ0) is 41.9. The minimum absolute atomic E-state index is 0.00960. The highest BCUT2D eigenvalue weighted by Gasteiger charge is 2.72. The van der Waals surface area contributed by atoms with Gasteiger partial charge in [-0.2, -0.15) is 0 Å². The molecular formula is C51H74N2O5S2. The minimum atomic E-state index is -1.19. The van der Waals surface area contributed by atoms with Gasteiger partial charge in [0.15, 0.2) is 5.78 Å². The average Bonchev–Trinajstić information content (AvgIpc) is 3.83. The van der Waals surface area contributed by atoms with Crippen molar-refractivity contribution in [2.45, 2.75) is 174 Å². The van der Waals surface area contributed by atoms with E-state index in [0.29, 0.717) is 30.6 Å². The summed E-state index contributed by atoms with van der Waals surface area (Å²) < 4.78 is 2.33. The Morgan fingerprint density at radius 2 is 1.72 bits per heavy atom. The number of ketones is 1. The fraction of sp³-hybridized carbons (Fsp3) is 0.804. The molecule has 15 atom stereocenters. The lowest BCUT2D eigenvalue weighted by Gasteiger charge is -2.62. The topological polar surface area (TPSA) is 116 Å². The second kappa shape index (κ2) is 15.7. The van der Waals surface area contributed by atoms with Crippen LogP contribution in [0.5, 0.6) is 0 Å². The van der Waals surface area contributed by atoms with E-state index in [4.69, 9.17) is 0 Å². The Labute approximate surface area is 367 Å². The molecule has 0 spiro atoms. The van der Waals surface area contributed by atoms with Gasteiger partial charge in [0.2, 0.25) is 0 Å². The zero-order valence-corrected chi connectivity index (χ0v) is 38.8. The number of hydrogen-bond donors (Lipinski definition) is 4. The summed E-state index contributed by atoms with van der Waals surface area (Å²) in [5.41, 5.74) is 5.24. The maximum Gasteiger partial charge on any atom is 0.159 e. The first-order valence-corrected chi connectivity index (χ1v) is 26.9. The highest BCUT2D eigenvalue weighted by molar-refractivity contribution is 8.76. The third-order valence-electron chi connectivity index (χ3n) is 19.3. The van der Waals surface area contributed by atoms with Crippen LogP contribution in [0.25, 0.3) is 0 Å². The molecule has 0 unspecified atom stereocenters. The van der Waals surface area contributed by atoms with Crippen molar-refractivity contribution in [2.75, 3.05) is 11.5 Å². The largest absolute Gasteiger partial charge is 0.392 e. The van der Waals surface area contributed by atoms with E-state index in [9.17, 15) is 25.2 Å². The first-order valence-electron chi connectivity index (χ1n) is 24.4. The van der Waals surface area contributed by atoms with Crippen molar-refractivity contribution in [2.24, 2.45) is 69.5 Å². The van der Waals surface area contributed by atoms with Crippen molar-refractivity contribution in [3.05, 3.63) is 52.7 Å². The molecule has 1 aliphatic heterocycles. The molecule has 0 aromatic carbocycles. The lowest BCUT2D eigenvalue weighted by atomic mass is 9.43. The number of carbonyl (C=O) groups is 1. The number of rotatable bonds is 5. The summed E-state index contributed by atoms with van der Waals surface area (Å²) >= 11 is 0. The Bertz CT molecular complexity index is 1920. The van der Waals surface area contributed by atoms with Crippen LogP contribution < -0.4 is 0 Å². The standard InChI is InChI=1S/C51H74N2O5S2/c1-29(2)10-9-16-50-25-43(56)42(55)23-40(50)41(54)22-39-37(50)15-17-49(5)38-21-31(51(39,49)58)26-59-60-27-32(53-19-18-52-28-53)24-48(3,4)46-35-13-7-6-12-33(35)34-14-8-11-30-20-36(38)47(57)45(46)44(30)34/h18-19,22,28-33,36-38,40,42-43,45,47,55-58H,6-17,20-21,23-27H2,1-5H3/t30-,31+,32-,33-,36+,37+,38-,40+,42-,43+,45-,47+,49-,50-,51-/m1/s1. The predicted molar refractivity (Wildman–Crippen MR) is 242 cm³/mol. The summed E-state index contributed by atoms with van der Waals surface area (Å²) in [6.07, 6.45) is 22.4.